The fourth-order valence-electron chi connectivity index (χ4n) is 9.63. The number of hydrogen-bond acceptors (Lipinski definition) is 3. The van der Waals surface area contributed by atoms with Crippen LogP contribution < -0.4 is 26.2 Å². The van der Waals surface area contributed by atoms with Gasteiger partial charge in [0.25, 0.3) is 6.71 Å². The van der Waals surface area contributed by atoms with E-state index in [0.717, 1.165) is 27.6 Å². The minimum absolute atomic E-state index is 0.00511. The Hall–Kier alpha value is -6.20. The van der Waals surface area contributed by atoms with E-state index in [9.17, 15) is 0 Å². The molecular formula is C47H34BN3O. The molecule has 0 saturated carbocycles. The van der Waals surface area contributed by atoms with Gasteiger partial charge < -0.3 is 18.8 Å². The van der Waals surface area contributed by atoms with E-state index >= 15 is 0 Å². The van der Waals surface area contributed by atoms with Crippen LogP contribution in [0.4, 0.5) is 34.1 Å². The highest BCUT2D eigenvalue weighted by Gasteiger charge is 2.46. The zero-order chi connectivity index (χ0) is 34.6. The molecule has 2 aromatic heterocycles. The van der Waals surface area contributed by atoms with Crippen molar-refractivity contribution in [2.45, 2.75) is 33.1 Å². The molecule has 0 amide bonds. The average molecular weight is 668 g/mol. The first-order valence-electron chi connectivity index (χ1n) is 18.3. The number of nitrogens with zero attached hydrogens (tertiary/aromatic N) is 3. The Bertz CT molecular complexity index is 3050. The predicted molar refractivity (Wildman–Crippen MR) is 219 cm³/mol. The third-order valence-corrected chi connectivity index (χ3v) is 11.9. The van der Waals surface area contributed by atoms with Crippen LogP contribution in [-0.4, -0.2) is 11.3 Å². The van der Waals surface area contributed by atoms with Crippen molar-refractivity contribution in [1.82, 2.24) is 4.57 Å². The molecule has 3 aliphatic heterocycles. The van der Waals surface area contributed by atoms with Gasteiger partial charge in [-0.2, -0.15) is 0 Å². The molecule has 0 unspecified atom stereocenters. The summed E-state index contributed by atoms with van der Waals surface area (Å²) in [5.41, 5.74) is 19.5. The Kier molecular flexibility index (Phi) is 5.24. The number of rotatable bonds is 1. The van der Waals surface area contributed by atoms with Crippen molar-refractivity contribution in [2.75, 3.05) is 9.80 Å². The van der Waals surface area contributed by atoms with E-state index < -0.39 is 0 Å². The Morgan fingerprint density at radius 1 is 0.538 bits per heavy atom. The van der Waals surface area contributed by atoms with Crippen molar-refractivity contribution in [3.05, 3.63) is 145 Å². The molecule has 52 heavy (non-hydrogen) atoms. The molecule has 4 nitrogen and oxygen atoms in total. The SMILES string of the molecule is Cc1cc2c3c(c1)N1c4c(cccc4-n4c5ccccc5c5cccc1c54)B3c1cc(C(C)(C)C)ccc1N2c1ccc2c(c1)oc1ccccc12. The maximum atomic E-state index is 6.48. The van der Waals surface area contributed by atoms with Crippen LogP contribution in [0.5, 0.6) is 0 Å². The number of fused-ring (bicyclic) bond motifs is 12. The lowest BCUT2D eigenvalue weighted by molar-refractivity contribution is 0.591. The van der Waals surface area contributed by atoms with Crippen molar-refractivity contribution < 1.29 is 4.42 Å². The van der Waals surface area contributed by atoms with Crippen molar-refractivity contribution in [3.63, 3.8) is 0 Å². The third-order valence-electron chi connectivity index (χ3n) is 11.9. The van der Waals surface area contributed by atoms with Crippen LogP contribution in [0.1, 0.15) is 31.9 Å². The van der Waals surface area contributed by atoms with Gasteiger partial charge >= 0.3 is 0 Å². The number of aryl methyl sites for hydroxylation is 1. The molecule has 0 aliphatic carbocycles. The van der Waals surface area contributed by atoms with Gasteiger partial charge in [-0.05, 0) is 94.5 Å². The van der Waals surface area contributed by atoms with Crippen molar-refractivity contribution in [3.8, 4) is 5.69 Å². The first-order valence-corrected chi connectivity index (χ1v) is 18.3. The summed E-state index contributed by atoms with van der Waals surface area (Å²) in [4.78, 5) is 5.07. The second-order valence-electron chi connectivity index (χ2n) is 15.9. The predicted octanol–water partition coefficient (Wildman–Crippen LogP) is 10.7. The fraction of sp³-hybridized carbons (Fsp3) is 0.106. The van der Waals surface area contributed by atoms with Gasteiger partial charge in [-0.15, -0.1) is 0 Å². The summed E-state index contributed by atoms with van der Waals surface area (Å²) < 4.78 is 8.99. The number of benzene rings is 7. The van der Waals surface area contributed by atoms with Gasteiger partial charge in [-0.1, -0.05) is 93.6 Å². The molecule has 246 valence electrons. The summed E-state index contributed by atoms with van der Waals surface area (Å²) in [5, 5.41) is 4.86. The summed E-state index contributed by atoms with van der Waals surface area (Å²) >= 11 is 0. The maximum Gasteiger partial charge on any atom is 0.252 e. The van der Waals surface area contributed by atoms with Crippen LogP contribution in [0.25, 0.3) is 49.4 Å². The number of para-hydroxylation sites is 4. The first-order chi connectivity index (χ1) is 25.3. The molecule has 12 rings (SSSR count). The number of hydrogen-bond donors (Lipinski definition) is 0. The van der Waals surface area contributed by atoms with E-state index in [1.165, 1.54) is 83.4 Å². The lowest BCUT2D eigenvalue weighted by Gasteiger charge is -2.46. The molecule has 3 aliphatic rings. The van der Waals surface area contributed by atoms with E-state index in [1.54, 1.807) is 0 Å². The van der Waals surface area contributed by atoms with Crippen molar-refractivity contribution >= 4 is 101 Å². The minimum Gasteiger partial charge on any atom is -0.456 e. The second kappa shape index (κ2) is 9.57. The van der Waals surface area contributed by atoms with Gasteiger partial charge in [-0.25, -0.2) is 0 Å². The molecule has 5 heteroatoms. The van der Waals surface area contributed by atoms with E-state index in [-0.39, 0.29) is 12.1 Å². The molecule has 0 atom stereocenters. The van der Waals surface area contributed by atoms with Crippen LogP contribution in [0.3, 0.4) is 0 Å². The maximum absolute atomic E-state index is 6.48. The third kappa shape index (κ3) is 3.48. The van der Waals surface area contributed by atoms with Gasteiger partial charge in [0.2, 0.25) is 0 Å². The lowest BCUT2D eigenvalue weighted by atomic mass is 9.33. The molecule has 7 aromatic carbocycles. The first kappa shape index (κ1) is 28.5. The second-order valence-corrected chi connectivity index (χ2v) is 15.9. The summed E-state index contributed by atoms with van der Waals surface area (Å²) in [6.07, 6.45) is 0. The highest BCUT2D eigenvalue weighted by molar-refractivity contribution is 7.00. The molecule has 0 N–H and O–H groups in total. The number of aromatic nitrogens is 1. The highest BCUT2D eigenvalue weighted by atomic mass is 16.3. The summed E-state index contributed by atoms with van der Waals surface area (Å²) in [6, 6.07) is 49.8. The number of anilines is 6. The monoisotopic (exact) mass is 667 g/mol. The number of furan rings is 1. The van der Waals surface area contributed by atoms with Crippen molar-refractivity contribution in [1.29, 1.82) is 0 Å². The van der Waals surface area contributed by atoms with E-state index in [0.29, 0.717) is 0 Å². The lowest BCUT2D eigenvalue weighted by Crippen LogP contribution is -2.62. The molecule has 0 radical (unpaired) electrons. The summed E-state index contributed by atoms with van der Waals surface area (Å²) in [7, 11) is 0. The Balaban J connectivity index is 1.21. The van der Waals surface area contributed by atoms with E-state index in [1.807, 2.05) is 6.07 Å². The molecule has 0 spiro atoms. The molecule has 0 saturated heterocycles. The highest BCUT2D eigenvalue weighted by Crippen LogP contribution is 2.52. The fourth-order valence-corrected chi connectivity index (χ4v) is 9.63. The minimum atomic E-state index is -0.00511. The quantitative estimate of drug-likeness (QED) is 0.163. The summed E-state index contributed by atoms with van der Waals surface area (Å²) in [5.74, 6) is 0. The van der Waals surface area contributed by atoms with Gasteiger partial charge in [0.1, 0.15) is 11.2 Å². The van der Waals surface area contributed by atoms with Crippen LogP contribution >= 0.6 is 0 Å². The van der Waals surface area contributed by atoms with E-state index in [4.69, 9.17) is 4.42 Å². The van der Waals surface area contributed by atoms with Crippen LogP contribution in [0, 0.1) is 6.92 Å². The average Bonchev–Trinajstić information content (AvgIpc) is 3.69. The van der Waals surface area contributed by atoms with Gasteiger partial charge in [0, 0.05) is 50.4 Å². The zero-order valence-electron chi connectivity index (χ0n) is 29.5. The topological polar surface area (TPSA) is 24.6 Å². The van der Waals surface area contributed by atoms with Gasteiger partial charge in [-0.3, -0.25) is 0 Å². The van der Waals surface area contributed by atoms with E-state index in [2.05, 4.69) is 169 Å². The largest absolute Gasteiger partial charge is 0.456 e. The van der Waals surface area contributed by atoms with Gasteiger partial charge in [0.05, 0.1) is 28.1 Å². The van der Waals surface area contributed by atoms with Gasteiger partial charge in [0.15, 0.2) is 0 Å². The molecule has 5 heterocycles. The zero-order valence-corrected chi connectivity index (χ0v) is 29.5. The molecular weight excluding hydrogens is 633 g/mol. The molecule has 0 bridgehead atoms. The molecule has 9 aromatic rings. The van der Waals surface area contributed by atoms with Crippen LogP contribution in [0.2, 0.25) is 0 Å². The Labute approximate surface area is 302 Å². The Morgan fingerprint density at radius 3 is 2.13 bits per heavy atom. The van der Waals surface area contributed by atoms with Crippen LogP contribution in [0.15, 0.2) is 138 Å². The summed E-state index contributed by atoms with van der Waals surface area (Å²) in [6.45, 7) is 9.26. The van der Waals surface area contributed by atoms with Crippen LogP contribution in [-0.2, 0) is 5.41 Å². The normalized spacial score (nSPS) is 14.0. The molecule has 0 fully saturated rings. The standard InChI is InChI=1S/C47H34BN3O/c1-27-23-40-44-41(24-27)51-38-16-9-13-33-30-11-5-7-15-36(30)50(45(33)38)39-17-10-14-34(46(39)51)48(44)35-25-28(47(2,3)4)19-22-37(35)49(40)29-20-21-32-31-12-6-8-18-42(31)52-43(32)26-29/h5-26H,1-4H3. The van der Waals surface area contributed by atoms with Crippen molar-refractivity contribution in [2.24, 2.45) is 0 Å². The smallest absolute Gasteiger partial charge is 0.252 e. The Morgan fingerprint density at radius 2 is 1.27 bits per heavy atom.